The van der Waals surface area contributed by atoms with Gasteiger partial charge in [-0.05, 0) is 39.3 Å². The number of carbonyl (C=O) groups is 1. The summed E-state index contributed by atoms with van der Waals surface area (Å²) in [6.45, 7) is 7.69. The van der Waals surface area contributed by atoms with E-state index < -0.39 is 24.1 Å². The summed E-state index contributed by atoms with van der Waals surface area (Å²) >= 11 is 0. The number of likely N-dealkylation sites (N-methyl/N-ethyl adjacent to an activating group) is 1. The van der Waals surface area contributed by atoms with Crippen LogP contribution in [0.1, 0.15) is 33.3 Å². The molecule has 0 aliphatic carbocycles. The minimum absolute atomic E-state index is 0.150. The minimum atomic E-state index is -0.732. The Kier molecular flexibility index (Phi) is 4.13. The van der Waals surface area contributed by atoms with Crippen molar-refractivity contribution in [3.8, 4) is 0 Å². The number of nitrogens with one attached hydrogen (secondary N) is 1. The molecule has 4 nitrogen and oxygen atoms in total. The highest BCUT2D eigenvalue weighted by atomic mass is 19.1. The van der Waals surface area contributed by atoms with Gasteiger partial charge in [-0.15, -0.1) is 0 Å². The van der Waals surface area contributed by atoms with Crippen LogP contribution in [-0.4, -0.2) is 31.3 Å². The molecule has 1 aromatic carbocycles. The minimum Gasteiger partial charge on any atom is -0.399 e. The predicted octanol–water partition coefficient (Wildman–Crippen LogP) is 1.41. The van der Waals surface area contributed by atoms with Gasteiger partial charge in [0.25, 0.3) is 0 Å². The molecule has 1 aromatic rings. The van der Waals surface area contributed by atoms with E-state index in [0.717, 1.165) is 0 Å². The molecule has 0 aromatic heterocycles. The standard InChI is InChI=1S/C15H21BFNO3/c1-14(2)15(3,4)21-16(20-14)11-7-6-10(8-12(11)17)9-13(19)18-5/h6-8H,9H2,1-5H3,(H,18,19). The zero-order chi connectivity index (χ0) is 15.8. The van der Waals surface area contributed by atoms with Crippen molar-refractivity contribution in [1.82, 2.24) is 5.32 Å². The molecule has 0 spiro atoms. The third-order valence-corrected chi connectivity index (χ3v) is 4.22. The van der Waals surface area contributed by atoms with E-state index in [0.29, 0.717) is 11.0 Å². The molecule has 6 heteroatoms. The van der Waals surface area contributed by atoms with Gasteiger partial charge in [0, 0.05) is 12.5 Å². The van der Waals surface area contributed by atoms with Gasteiger partial charge in [0.05, 0.1) is 17.6 Å². The van der Waals surface area contributed by atoms with Crippen LogP contribution in [-0.2, 0) is 20.5 Å². The molecule has 2 rings (SSSR count). The van der Waals surface area contributed by atoms with Crippen LogP contribution in [0.5, 0.6) is 0 Å². The Balaban J connectivity index is 2.21. The summed E-state index contributed by atoms with van der Waals surface area (Å²) in [6, 6.07) is 4.70. The number of carbonyl (C=O) groups excluding carboxylic acids is 1. The molecular weight excluding hydrogens is 272 g/mol. The van der Waals surface area contributed by atoms with Gasteiger partial charge < -0.3 is 14.6 Å². The lowest BCUT2D eigenvalue weighted by molar-refractivity contribution is -0.119. The van der Waals surface area contributed by atoms with Gasteiger partial charge >= 0.3 is 7.12 Å². The largest absolute Gasteiger partial charge is 0.497 e. The number of rotatable bonds is 3. The molecule has 0 bridgehead atoms. The van der Waals surface area contributed by atoms with Crippen molar-refractivity contribution in [3.63, 3.8) is 0 Å². The zero-order valence-corrected chi connectivity index (χ0v) is 13.1. The Morgan fingerprint density at radius 3 is 2.29 bits per heavy atom. The average molecular weight is 293 g/mol. The molecule has 1 saturated heterocycles. The summed E-state index contributed by atoms with van der Waals surface area (Å²) in [7, 11) is 0.821. The van der Waals surface area contributed by atoms with Crippen molar-refractivity contribution in [2.75, 3.05) is 7.05 Å². The van der Waals surface area contributed by atoms with E-state index in [-0.39, 0.29) is 12.3 Å². The van der Waals surface area contributed by atoms with Crippen molar-refractivity contribution in [1.29, 1.82) is 0 Å². The van der Waals surface area contributed by atoms with Crippen molar-refractivity contribution in [2.24, 2.45) is 0 Å². The Morgan fingerprint density at radius 2 is 1.81 bits per heavy atom. The van der Waals surface area contributed by atoms with Crippen LogP contribution in [0.25, 0.3) is 0 Å². The lowest BCUT2D eigenvalue weighted by Crippen LogP contribution is -2.41. The van der Waals surface area contributed by atoms with Gasteiger partial charge in [-0.2, -0.15) is 0 Å². The van der Waals surface area contributed by atoms with Crippen LogP contribution in [0, 0.1) is 5.82 Å². The van der Waals surface area contributed by atoms with Gasteiger partial charge in [0.2, 0.25) is 5.91 Å². The van der Waals surface area contributed by atoms with E-state index in [4.69, 9.17) is 9.31 Å². The maximum atomic E-state index is 14.3. The SMILES string of the molecule is CNC(=O)Cc1ccc(B2OC(C)(C)C(C)(C)O2)c(F)c1. The summed E-state index contributed by atoms with van der Waals surface area (Å²) in [5.41, 5.74) is -0.0446. The van der Waals surface area contributed by atoms with Crippen LogP contribution >= 0.6 is 0 Å². The van der Waals surface area contributed by atoms with Crippen LogP contribution < -0.4 is 10.8 Å². The maximum Gasteiger partial charge on any atom is 0.497 e. The van der Waals surface area contributed by atoms with Crippen LogP contribution in [0.3, 0.4) is 0 Å². The van der Waals surface area contributed by atoms with Crippen LogP contribution in [0.4, 0.5) is 4.39 Å². The van der Waals surface area contributed by atoms with E-state index >= 15 is 0 Å². The molecule has 1 heterocycles. The first kappa shape index (κ1) is 16.0. The van der Waals surface area contributed by atoms with E-state index in [9.17, 15) is 9.18 Å². The third-order valence-electron chi connectivity index (χ3n) is 4.22. The molecule has 21 heavy (non-hydrogen) atoms. The second kappa shape index (κ2) is 5.42. The second-order valence-electron chi connectivity index (χ2n) is 6.29. The highest BCUT2D eigenvalue weighted by molar-refractivity contribution is 6.62. The predicted molar refractivity (Wildman–Crippen MR) is 79.9 cm³/mol. The number of halogens is 1. The molecule has 0 atom stereocenters. The van der Waals surface area contributed by atoms with E-state index in [1.165, 1.54) is 6.07 Å². The summed E-state index contributed by atoms with van der Waals surface area (Å²) in [6.07, 6.45) is 0.150. The van der Waals surface area contributed by atoms with Gasteiger partial charge in [0.15, 0.2) is 0 Å². The van der Waals surface area contributed by atoms with Gasteiger partial charge in [-0.25, -0.2) is 4.39 Å². The fourth-order valence-electron chi connectivity index (χ4n) is 2.12. The van der Waals surface area contributed by atoms with Gasteiger partial charge in [-0.3, -0.25) is 4.79 Å². The fourth-order valence-corrected chi connectivity index (χ4v) is 2.12. The van der Waals surface area contributed by atoms with Crippen molar-refractivity contribution in [3.05, 3.63) is 29.6 Å². The van der Waals surface area contributed by atoms with Crippen molar-refractivity contribution >= 4 is 18.5 Å². The van der Waals surface area contributed by atoms with E-state index in [1.807, 2.05) is 27.7 Å². The smallest absolute Gasteiger partial charge is 0.399 e. The summed E-state index contributed by atoms with van der Waals surface area (Å²) in [4.78, 5) is 11.3. The number of hydrogen-bond donors (Lipinski definition) is 1. The van der Waals surface area contributed by atoms with Crippen LogP contribution in [0.15, 0.2) is 18.2 Å². The second-order valence-corrected chi connectivity index (χ2v) is 6.29. The van der Waals surface area contributed by atoms with E-state index in [1.54, 1.807) is 19.2 Å². The first-order valence-corrected chi connectivity index (χ1v) is 7.01. The summed E-state index contributed by atoms with van der Waals surface area (Å²) < 4.78 is 25.9. The van der Waals surface area contributed by atoms with Crippen molar-refractivity contribution < 1.29 is 18.5 Å². The molecule has 0 radical (unpaired) electrons. The molecule has 1 fully saturated rings. The molecule has 1 amide bonds. The first-order valence-electron chi connectivity index (χ1n) is 7.01. The highest BCUT2D eigenvalue weighted by Gasteiger charge is 2.52. The lowest BCUT2D eigenvalue weighted by atomic mass is 9.78. The molecule has 0 saturated carbocycles. The average Bonchev–Trinajstić information content (AvgIpc) is 2.58. The molecular formula is C15H21BFNO3. The normalized spacial score (nSPS) is 19.6. The summed E-state index contributed by atoms with van der Waals surface area (Å²) in [5.74, 6) is -0.576. The Hall–Kier alpha value is -1.40. The number of amides is 1. The maximum absolute atomic E-state index is 14.3. The van der Waals surface area contributed by atoms with Gasteiger partial charge in [-0.1, -0.05) is 12.1 Å². The fraction of sp³-hybridized carbons (Fsp3) is 0.533. The number of hydrogen-bond acceptors (Lipinski definition) is 3. The lowest BCUT2D eigenvalue weighted by Gasteiger charge is -2.32. The third kappa shape index (κ3) is 3.11. The highest BCUT2D eigenvalue weighted by Crippen LogP contribution is 2.36. The van der Waals surface area contributed by atoms with E-state index in [2.05, 4.69) is 5.32 Å². The first-order chi connectivity index (χ1) is 9.66. The Labute approximate surface area is 125 Å². The monoisotopic (exact) mass is 293 g/mol. The molecule has 114 valence electrons. The zero-order valence-electron chi connectivity index (χ0n) is 13.1. The summed E-state index contributed by atoms with van der Waals surface area (Å²) in [5, 5.41) is 2.51. The Bertz CT molecular complexity index is 544. The van der Waals surface area contributed by atoms with Crippen molar-refractivity contribution in [2.45, 2.75) is 45.3 Å². The van der Waals surface area contributed by atoms with Gasteiger partial charge in [0.1, 0.15) is 5.82 Å². The number of benzene rings is 1. The molecule has 1 N–H and O–H groups in total. The topological polar surface area (TPSA) is 47.6 Å². The molecule has 1 aliphatic heterocycles. The molecule has 0 unspecified atom stereocenters. The molecule has 1 aliphatic rings. The quantitative estimate of drug-likeness (QED) is 0.857. The van der Waals surface area contributed by atoms with Crippen LogP contribution in [0.2, 0.25) is 0 Å². The Morgan fingerprint density at radius 1 is 1.24 bits per heavy atom.